The van der Waals surface area contributed by atoms with E-state index in [1.54, 1.807) is 42.7 Å². The van der Waals surface area contributed by atoms with E-state index in [1.807, 2.05) is 6.07 Å². The second kappa shape index (κ2) is 10.7. The van der Waals surface area contributed by atoms with Gasteiger partial charge in [0.2, 0.25) is 5.28 Å². The first kappa shape index (κ1) is 27.3. The van der Waals surface area contributed by atoms with Crippen molar-refractivity contribution in [2.24, 2.45) is 0 Å². The highest BCUT2D eigenvalue weighted by molar-refractivity contribution is 6.28. The Hall–Kier alpha value is -4.24. The summed E-state index contributed by atoms with van der Waals surface area (Å²) >= 11 is 5.86. The van der Waals surface area contributed by atoms with Gasteiger partial charge in [0.15, 0.2) is 23.9 Å². The molecular weight excluding hydrogens is 551 g/mol. The van der Waals surface area contributed by atoms with Crippen molar-refractivity contribution in [1.29, 1.82) is 0 Å². The number of hydrogen-bond acceptors (Lipinski definition) is 10. The van der Waals surface area contributed by atoms with E-state index in [0.29, 0.717) is 5.56 Å². The summed E-state index contributed by atoms with van der Waals surface area (Å²) in [5.74, 6) is -3.61. The zero-order valence-corrected chi connectivity index (χ0v) is 21.2. The zero-order valence-electron chi connectivity index (χ0n) is 20.5. The molecule has 0 aliphatic carbocycles. The van der Waals surface area contributed by atoms with Gasteiger partial charge in [-0.05, 0) is 34.4 Å². The molecule has 4 aromatic rings. The number of nitrogens with two attached hydrogens (primary N) is 1. The maximum Gasteiger partial charge on any atom is 0.348 e. The van der Waals surface area contributed by atoms with E-state index in [4.69, 9.17) is 26.8 Å². The molecule has 1 unspecified atom stereocenters. The Morgan fingerprint density at radius 2 is 1.88 bits per heavy atom. The minimum atomic E-state index is -2.75. The first-order chi connectivity index (χ1) is 19.1. The highest BCUT2D eigenvalue weighted by Gasteiger charge is 2.52. The molecule has 1 aromatic carbocycles. The number of aliphatic carboxylic acids is 2. The molecule has 0 spiro atoms. The fraction of sp³-hybridized carbons (Fsp3) is 0.280. The number of fused-ring (bicyclic) bond motifs is 1. The zero-order chi connectivity index (χ0) is 28.6. The predicted molar refractivity (Wildman–Crippen MR) is 137 cm³/mol. The van der Waals surface area contributed by atoms with Gasteiger partial charge >= 0.3 is 11.9 Å². The summed E-state index contributed by atoms with van der Waals surface area (Å²) in [6, 6.07) is 10.1. The summed E-state index contributed by atoms with van der Waals surface area (Å²) in [6.45, 7) is -0.755. The summed E-state index contributed by atoms with van der Waals surface area (Å²) < 4.78 is 27.4. The molecule has 5 rings (SSSR count). The fourth-order valence-corrected chi connectivity index (χ4v) is 4.61. The number of pyridine rings is 1. The van der Waals surface area contributed by atoms with Gasteiger partial charge < -0.3 is 30.5 Å². The van der Waals surface area contributed by atoms with Crippen molar-refractivity contribution in [3.8, 4) is 11.1 Å². The first-order valence-corrected chi connectivity index (χ1v) is 12.2. The molecule has 4 heterocycles. The van der Waals surface area contributed by atoms with E-state index in [1.165, 1.54) is 6.33 Å². The topological polar surface area (TPSA) is 196 Å². The third-order valence-corrected chi connectivity index (χ3v) is 6.74. The van der Waals surface area contributed by atoms with Crippen LogP contribution in [0.5, 0.6) is 0 Å². The number of carboxylic acid groups (broad SMARTS) is 2. The lowest BCUT2D eigenvalue weighted by atomic mass is 9.93. The Balaban J connectivity index is 1.35. The number of aromatic nitrogens is 5. The maximum absolute atomic E-state index is 15.2. The van der Waals surface area contributed by atoms with Gasteiger partial charge in [-0.3, -0.25) is 9.55 Å². The van der Waals surface area contributed by atoms with Gasteiger partial charge in [0.25, 0.3) is 5.60 Å². The van der Waals surface area contributed by atoms with Crippen molar-refractivity contribution < 1.29 is 38.8 Å². The number of alkyl halides is 1. The van der Waals surface area contributed by atoms with Gasteiger partial charge in [-0.1, -0.05) is 30.3 Å². The summed E-state index contributed by atoms with van der Waals surface area (Å²) in [5, 5.41) is 30.1. The number of imidazole rings is 1. The molecule has 5 N–H and O–H groups in total. The number of ether oxygens (including phenoxy) is 2. The largest absolute Gasteiger partial charge is 0.479 e. The molecule has 40 heavy (non-hydrogen) atoms. The third kappa shape index (κ3) is 4.93. The smallest absolute Gasteiger partial charge is 0.348 e. The molecule has 4 atom stereocenters. The van der Waals surface area contributed by atoms with Crippen molar-refractivity contribution in [1.82, 2.24) is 24.5 Å². The average molecular weight is 573 g/mol. The van der Waals surface area contributed by atoms with E-state index in [0.717, 1.165) is 15.7 Å². The Bertz CT molecular complexity index is 1540. The second-order valence-electron chi connectivity index (χ2n) is 9.07. The molecule has 0 saturated carbocycles. The Morgan fingerprint density at radius 1 is 1.15 bits per heavy atom. The van der Waals surface area contributed by atoms with Crippen LogP contribution in [0, 0.1) is 0 Å². The number of benzene rings is 1. The number of rotatable bonds is 9. The Labute approximate surface area is 230 Å². The van der Waals surface area contributed by atoms with Crippen LogP contribution in [-0.4, -0.2) is 82.3 Å². The normalized spacial score (nSPS) is 21.1. The summed E-state index contributed by atoms with van der Waals surface area (Å²) in [4.78, 5) is 40.3. The van der Waals surface area contributed by atoms with Crippen molar-refractivity contribution in [2.75, 3.05) is 12.3 Å². The fourth-order valence-electron chi connectivity index (χ4n) is 4.44. The van der Waals surface area contributed by atoms with E-state index in [9.17, 15) is 24.9 Å². The number of halogens is 2. The van der Waals surface area contributed by atoms with Crippen LogP contribution in [0.1, 0.15) is 11.8 Å². The van der Waals surface area contributed by atoms with Crippen molar-refractivity contribution in [3.63, 3.8) is 0 Å². The van der Waals surface area contributed by atoms with Gasteiger partial charge in [0.05, 0.1) is 12.9 Å². The molecule has 13 nitrogen and oxygen atoms in total. The minimum absolute atomic E-state index is 0.0408. The number of carbonyl (C=O) groups is 2. The molecule has 0 amide bonds. The van der Waals surface area contributed by atoms with E-state index >= 15 is 4.39 Å². The molecular formula is C25H22ClFN6O7. The monoisotopic (exact) mass is 572 g/mol. The highest BCUT2D eigenvalue weighted by atomic mass is 35.5. The molecule has 15 heteroatoms. The van der Waals surface area contributed by atoms with Crippen LogP contribution in [0.4, 0.5) is 10.2 Å². The van der Waals surface area contributed by atoms with Crippen LogP contribution in [-0.2, 0) is 25.5 Å². The molecule has 3 aromatic heterocycles. The van der Waals surface area contributed by atoms with Crippen LogP contribution in [0.2, 0.25) is 5.28 Å². The lowest BCUT2D eigenvalue weighted by molar-refractivity contribution is -0.190. The number of aliphatic hydroxyl groups excluding tert-OH is 1. The Morgan fingerprint density at radius 3 is 2.52 bits per heavy atom. The van der Waals surface area contributed by atoms with E-state index in [2.05, 4.69) is 19.9 Å². The predicted octanol–water partition coefficient (Wildman–Crippen LogP) is 1.89. The number of nitrogen functional groups attached to an aromatic ring is 1. The molecule has 208 valence electrons. The summed E-state index contributed by atoms with van der Waals surface area (Å²) in [5.41, 5.74) is 5.16. The maximum atomic E-state index is 15.2. The molecule has 1 aliphatic rings. The van der Waals surface area contributed by atoms with Gasteiger partial charge in [0.1, 0.15) is 17.7 Å². The van der Waals surface area contributed by atoms with Crippen molar-refractivity contribution in [2.45, 2.75) is 36.6 Å². The second-order valence-corrected chi connectivity index (χ2v) is 9.40. The van der Waals surface area contributed by atoms with Crippen LogP contribution in [0.15, 0.2) is 55.1 Å². The van der Waals surface area contributed by atoms with Crippen LogP contribution < -0.4 is 5.73 Å². The molecule has 1 aliphatic heterocycles. The molecule has 0 radical (unpaired) electrons. The highest BCUT2D eigenvalue weighted by Crippen LogP contribution is 2.35. The average Bonchev–Trinajstić information content (AvgIpc) is 3.47. The Kier molecular flexibility index (Phi) is 7.33. The standard InChI is InChI=1S/C25H22ClFN6O7/c26-24-31-19(28)17-20(32-24)33(11-30-17)21-16(27)18(34)15(40-21)10-39-25(22(35)36,23(37)38)8-12-3-5-13(6-4-12)14-2-1-7-29-9-14/h1-7,9,11,15-16,18,21,34H,8,10H2,(H,35,36)(H,37,38)(H2,28,31,32)/t15-,16+,18-,21?/m1/s1. The number of aliphatic hydroxyl groups is 1. The summed E-state index contributed by atoms with van der Waals surface area (Å²) in [6.07, 6.45) is -2.84. The SMILES string of the molecule is Nc1nc(Cl)nc2c1ncn2C1O[C@H](COC(Cc2ccc(-c3cccnc3)cc2)(C(=O)O)C(=O)O)[C@@H](O)[C@@H]1F. The molecule has 0 bridgehead atoms. The lowest BCUT2D eigenvalue weighted by Gasteiger charge is -2.27. The number of hydrogen-bond donors (Lipinski definition) is 4. The van der Waals surface area contributed by atoms with Crippen LogP contribution in [0.25, 0.3) is 22.3 Å². The lowest BCUT2D eigenvalue weighted by Crippen LogP contribution is -2.52. The van der Waals surface area contributed by atoms with E-state index < -0.39 is 55.2 Å². The van der Waals surface area contributed by atoms with Gasteiger partial charge in [-0.2, -0.15) is 9.97 Å². The van der Waals surface area contributed by atoms with Gasteiger partial charge in [-0.15, -0.1) is 0 Å². The van der Waals surface area contributed by atoms with Crippen LogP contribution >= 0.6 is 11.6 Å². The minimum Gasteiger partial charge on any atom is -0.479 e. The van der Waals surface area contributed by atoms with Crippen molar-refractivity contribution >= 4 is 40.5 Å². The number of nitrogens with zero attached hydrogens (tertiary/aromatic N) is 5. The summed E-state index contributed by atoms with van der Waals surface area (Å²) in [7, 11) is 0. The molecule has 1 saturated heterocycles. The van der Waals surface area contributed by atoms with Crippen molar-refractivity contribution in [3.05, 3.63) is 66.0 Å². The molecule has 1 fully saturated rings. The first-order valence-electron chi connectivity index (χ1n) is 11.8. The van der Waals surface area contributed by atoms with Gasteiger partial charge in [-0.25, -0.2) is 19.0 Å². The van der Waals surface area contributed by atoms with Crippen LogP contribution in [0.3, 0.4) is 0 Å². The third-order valence-electron chi connectivity index (χ3n) is 6.58. The number of anilines is 1. The quantitative estimate of drug-likeness (QED) is 0.168. The van der Waals surface area contributed by atoms with E-state index in [-0.39, 0.29) is 22.3 Å². The number of carboxylic acids is 2. The van der Waals surface area contributed by atoms with Gasteiger partial charge in [0, 0.05) is 18.8 Å².